The Bertz CT molecular complexity index is 1620. The molecule has 2 aromatic carbocycles. The van der Waals surface area contributed by atoms with Crippen molar-refractivity contribution in [1.29, 1.82) is 0 Å². The fourth-order valence-corrected chi connectivity index (χ4v) is 4.49. The van der Waals surface area contributed by atoms with Gasteiger partial charge >= 0.3 is 0 Å². The van der Waals surface area contributed by atoms with Crippen LogP contribution in [0.25, 0.3) is 10.9 Å². The first-order valence-corrected chi connectivity index (χ1v) is 12.2. The van der Waals surface area contributed by atoms with Crippen LogP contribution < -0.4 is 15.0 Å². The van der Waals surface area contributed by atoms with Crippen molar-refractivity contribution in [3.63, 3.8) is 0 Å². The van der Waals surface area contributed by atoms with E-state index >= 15 is 0 Å². The largest absolute Gasteiger partial charge is 0.486 e. The molecule has 0 saturated carbocycles. The molecule has 1 N–H and O–H groups in total. The second-order valence-corrected chi connectivity index (χ2v) is 9.09. The maximum Gasteiger partial charge on any atom is 0.252 e. The van der Waals surface area contributed by atoms with Gasteiger partial charge in [-0.2, -0.15) is 0 Å². The van der Waals surface area contributed by atoms with Crippen LogP contribution in [0.4, 0.5) is 4.39 Å². The van der Waals surface area contributed by atoms with Gasteiger partial charge in [0.05, 0.1) is 18.6 Å². The van der Waals surface area contributed by atoms with Crippen molar-refractivity contribution in [3.05, 3.63) is 106 Å². The molecule has 0 bridgehead atoms. The Kier molecular flexibility index (Phi) is 6.49. The zero-order valence-corrected chi connectivity index (χ0v) is 20.4. The number of ether oxygens (including phenoxy) is 2. The molecule has 0 amide bonds. The molecule has 1 aliphatic heterocycles. The molecule has 0 fully saturated rings. The van der Waals surface area contributed by atoms with Crippen LogP contribution in [0.3, 0.4) is 0 Å². The van der Waals surface area contributed by atoms with Crippen LogP contribution >= 0.6 is 0 Å². The number of benzene rings is 2. The molecule has 0 unspecified atom stereocenters. The minimum absolute atomic E-state index is 0.184. The molecule has 3 aromatic heterocycles. The topological polar surface area (TPSA) is 111 Å². The van der Waals surface area contributed by atoms with Crippen molar-refractivity contribution in [2.24, 2.45) is 0 Å². The molecule has 4 heterocycles. The molecule has 38 heavy (non-hydrogen) atoms. The molecule has 10 nitrogen and oxygen atoms in total. The number of tetrazole rings is 1. The summed E-state index contributed by atoms with van der Waals surface area (Å²) in [5.41, 5.74) is 2.96. The van der Waals surface area contributed by atoms with Gasteiger partial charge in [0.15, 0.2) is 17.3 Å². The smallest absolute Gasteiger partial charge is 0.252 e. The Labute approximate surface area is 216 Å². The maximum absolute atomic E-state index is 13.3. The number of fused-ring (bicyclic) bond motifs is 2. The van der Waals surface area contributed by atoms with Gasteiger partial charge < -0.3 is 14.5 Å². The van der Waals surface area contributed by atoms with E-state index in [1.54, 1.807) is 35.3 Å². The molecule has 192 valence electrons. The molecular weight excluding hydrogens is 489 g/mol. The minimum atomic E-state index is -0.298. The van der Waals surface area contributed by atoms with E-state index in [9.17, 15) is 9.18 Å². The van der Waals surface area contributed by atoms with Gasteiger partial charge in [0, 0.05) is 42.5 Å². The van der Waals surface area contributed by atoms with Crippen molar-refractivity contribution < 1.29 is 13.9 Å². The van der Waals surface area contributed by atoms with E-state index in [-0.39, 0.29) is 11.4 Å². The van der Waals surface area contributed by atoms with E-state index < -0.39 is 0 Å². The summed E-state index contributed by atoms with van der Waals surface area (Å²) in [6.07, 6.45) is 3.51. The number of hydrogen-bond acceptors (Lipinski definition) is 8. The van der Waals surface area contributed by atoms with Gasteiger partial charge in [-0.1, -0.05) is 18.2 Å². The van der Waals surface area contributed by atoms with Crippen LogP contribution in [0.2, 0.25) is 0 Å². The van der Waals surface area contributed by atoms with E-state index in [2.05, 4.69) is 30.4 Å². The van der Waals surface area contributed by atoms with Crippen molar-refractivity contribution in [2.45, 2.75) is 26.2 Å². The maximum atomic E-state index is 13.3. The number of H-pyrrole nitrogens is 1. The minimum Gasteiger partial charge on any atom is -0.486 e. The predicted molar refractivity (Wildman–Crippen MR) is 136 cm³/mol. The van der Waals surface area contributed by atoms with Gasteiger partial charge in [0.25, 0.3) is 5.56 Å². The standard InChI is InChI=1S/C27H24FN7O3/c28-22-5-3-18(4-6-22)15-35-26(31-32-33-35)17-34(14-19-2-1-7-29-13-19)16-21-10-20-11-24-25(38-9-8-37-24)12-23(20)30-27(21)36/h1-7,10-13H,8-9,14-17H2,(H,30,36). The van der Waals surface area contributed by atoms with E-state index in [1.165, 1.54) is 12.1 Å². The lowest BCUT2D eigenvalue weighted by molar-refractivity contribution is 0.172. The average molecular weight is 514 g/mol. The summed E-state index contributed by atoms with van der Waals surface area (Å²) in [6, 6.07) is 15.7. The third-order valence-corrected chi connectivity index (χ3v) is 6.32. The fourth-order valence-electron chi connectivity index (χ4n) is 4.49. The Hall–Kier alpha value is -4.64. The first kappa shape index (κ1) is 23.7. The third kappa shape index (κ3) is 5.23. The average Bonchev–Trinajstić information content (AvgIpc) is 3.36. The number of nitrogens with one attached hydrogen (secondary N) is 1. The molecule has 11 heteroatoms. The lowest BCUT2D eigenvalue weighted by Gasteiger charge is -2.22. The number of pyridine rings is 2. The first-order chi connectivity index (χ1) is 18.6. The van der Waals surface area contributed by atoms with Gasteiger partial charge in [0.1, 0.15) is 19.0 Å². The van der Waals surface area contributed by atoms with Gasteiger partial charge in [-0.05, 0) is 51.9 Å². The summed E-state index contributed by atoms with van der Waals surface area (Å²) < 4.78 is 26.4. The number of hydrogen-bond donors (Lipinski definition) is 1. The summed E-state index contributed by atoms with van der Waals surface area (Å²) in [7, 11) is 0. The highest BCUT2D eigenvalue weighted by Gasteiger charge is 2.18. The number of aromatic amines is 1. The predicted octanol–water partition coefficient (Wildman–Crippen LogP) is 3.07. The molecule has 5 aromatic rings. The molecule has 0 radical (unpaired) electrons. The SMILES string of the molecule is O=c1[nH]c2cc3c(cc2cc1CN(Cc1cccnc1)Cc1nnnn1Cc1ccc(F)cc1)OCCO3. The molecule has 0 aliphatic carbocycles. The molecule has 0 atom stereocenters. The zero-order valence-electron chi connectivity index (χ0n) is 20.4. The molecule has 0 saturated heterocycles. The molecule has 6 rings (SSSR count). The first-order valence-electron chi connectivity index (χ1n) is 12.2. The second-order valence-electron chi connectivity index (χ2n) is 9.09. The number of aromatic nitrogens is 6. The van der Waals surface area contributed by atoms with Gasteiger partial charge in [0.2, 0.25) is 0 Å². The lowest BCUT2D eigenvalue weighted by atomic mass is 10.1. The highest BCUT2D eigenvalue weighted by atomic mass is 19.1. The van der Waals surface area contributed by atoms with Crippen molar-refractivity contribution >= 4 is 10.9 Å². The lowest BCUT2D eigenvalue weighted by Crippen LogP contribution is -2.28. The summed E-state index contributed by atoms with van der Waals surface area (Å²) >= 11 is 0. The van der Waals surface area contributed by atoms with Crippen molar-refractivity contribution in [1.82, 2.24) is 35.1 Å². The van der Waals surface area contributed by atoms with E-state index in [4.69, 9.17) is 9.47 Å². The molecule has 0 spiro atoms. The van der Waals surface area contributed by atoms with Gasteiger partial charge in [-0.3, -0.25) is 14.7 Å². The van der Waals surface area contributed by atoms with Gasteiger partial charge in [-0.25, -0.2) is 9.07 Å². The van der Waals surface area contributed by atoms with Crippen LogP contribution in [0.15, 0.2) is 71.8 Å². The van der Waals surface area contributed by atoms with Crippen LogP contribution in [0, 0.1) is 5.82 Å². The Morgan fingerprint density at radius 2 is 1.79 bits per heavy atom. The van der Waals surface area contributed by atoms with E-state index in [0.29, 0.717) is 67.8 Å². The quantitative estimate of drug-likeness (QED) is 0.337. The van der Waals surface area contributed by atoms with Crippen LogP contribution in [-0.4, -0.2) is 48.3 Å². The van der Waals surface area contributed by atoms with E-state index in [1.807, 2.05) is 24.3 Å². The Morgan fingerprint density at radius 1 is 0.974 bits per heavy atom. The Balaban J connectivity index is 1.29. The van der Waals surface area contributed by atoms with Crippen molar-refractivity contribution in [2.75, 3.05) is 13.2 Å². The second kappa shape index (κ2) is 10.4. The van der Waals surface area contributed by atoms with Gasteiger partial charge in [-0.15, -0.1) is 5.10 Å². The van der Waals surface area contributed by atoms with Crippen LogP contribution in [0.1, 0.15) is 22.5 Å². The summed E-state index contributed by atoms with van der Waals surface area (Å²) in [5.74, 6) is 1.61. The normalized spacial score (nSPS) is 12.8. The molecule has 1 aliphatic rings. The fraction of sp³-hybridized carbons (Fsp3) is 0.222. The molecular formula is C27H24FN7O3. The van der Waals surface area contributed by atoms with Crippen molar-refractivity contribution in [3.8, 4) is 11.5 Å². The summed E-state index contributed by atoms with van der Waals surface area (Å²) in [4.78, 5) is 22.4. The highest BCUT2D eigenvalue weighted by Crippen LogP contribution is 2.33. The third-order valence-electron chi connectivity index (χ3n) is 6.32. The highest BCUT2D eigenvalue weighted by molar-refractivity contribution is 5.83. The van der Waals surface area contributed by atoms with Crippen LogP contribution in [-0.2, 0) is 26.2 Å². The monoisotopic (exact) mass is 513 g/mol. The Morgan fingerprint density at radius 3 is 2.58 bits per heavy atom. The summed E-state index contributed by atoms with van der Waals surface area (Å²) in [6.45, 7) is 2.60. The number of halogens is 1. The zero-order chi connectivity index (χ0) is 25.9. The summed E-state index contributed by atoms with van der Waals surface area (Å²) in [5, 5.41) is 13.1. The number of nitrogens with zero attached hydrogens (tertiary/aromatic N) is 6. The number of rotatable bonds is 8. The van der Waals surface area contributed by atoms with Crippen LogP contribution in [0.5, 0.6) is 11.5 Å². The van der Waals surface area contributed by atoms with E-state index in [0.717, 1.165) is 16.5 Å².